The van der Waals surface area contributed by atoms with E-state index in [0.29, 0.717) is 5.75 Å². The fourth-order valence-corrected chi connectivity index (χ4v) is 2.11. The number of hydrogen-bond donors (Lipinski definition) is 1. The van der Waals surface area contributed by atoms with Crippen LogP contribution in [0.2, 0.25) is 0 Å². The van der Waals surface area contributed by atoms with Crippen LogP contribution >= 0.6 is 0 Å². The fourth-order valence-electron chi connectivity index (χ4n) is 2.11. The summed E-state index contributed by atoms with van der Waals surface area (Å²) in [4.78, 5) is 12.3. The Labute approximate surface area is 137 Å². The van der Waals surface area contributed by atoms with E-state index in [-0.39, 0.29) is 16.9 Å². The van der Waals surface area contributed by atoms with Crippen LogP contribution in [0.25, 0.3) is 0 Å². The molecule has 24 heavy (non-hydrogen) atoms. The summed E-state index contributed by atoms with van der Waals surface area (Å²) in [6.07, 6.45) is -4.83. The van der Waals surface area contributed by atoms with Crippen molar-refractivity contribution in [2.75, 3.05) is 5.06 Å². The molecule has 0 unspecified atom stereocenters. The molecule has 0 aliphatic carbocycles. The summed E-state index contributed by atoms with van der Waals surface area (Å²) in [6, 6.07) is 10.2. The first kappa shape index (κ1) is 17.8. The SMILES string of the molecule is CC(C)Oc1cccc(N(O)C(=O)c2ccccc2C(F)(F)F)c1. The lowest BCUT2D eigenvalue weighted by Crippen LogP contribution is -2.29. The van der Waals surface area contributed by atoms with Gasteiger partial charge in [0.25, 0.3) is 5.91 Å². The van der Waals surface area contributed by atoms with Crippen LogP contribution in [0.15, 0.2) is 48.5 Å². The van der Waals surface area contributed by atoms with Crippen molar-refractivity contribution in [1.29, 1.82) is 0 Å². The van der Waals surface area contributed by atoms with E-state index in [1.807, 2.05) is 0 Å². The Morgan fingerprint density at radius 1 is 1.12 bits per heavy atom. The van der Waals surface area contributed by atoms with Crippen LogP contribution < -0.4 is 9.80 Å². The summed E-state index contributed by atoms with van der Waals surface area (Å²) >= 11 is 0. The van der Waals surface area contributed by atoms with E-state index in [1.165, 1.54) is 30.3 Å². The Kier molecular flexibility index (Phi) is 5.14. The largest absolute Gasteiger partial charge is 0.491 e. The van der Waals surface area contributed by atoms with Gasteiger partial charge in [0.15, 0.2) is 0 Å². The number of alkyl halides is 3. The van der Waals surface area contributed by atoms with E-state index in [4.69, 9.17) is 4.74 Å². The normalized spacial score (nSPS) is 11.5. The van der Waals surface area contributed by atoms with Gasteiger partial charge >= 0.3 is 6.18 Å². The van der Waals surface area contributed by atoms with Crippen molar-refractivity contribution < 1.29 is 27.9 Å². The highest BCUT2D eigenvalue weighted by molar-refractivity contribution is 6.05. The summed E-state index contributed by atoms with van der Waals surface area (Å²) in [7, 11) is 0. The average Bonchev–Trinajstić information content (AvgIpc) is 2.52. The smallest absolute Gasteiger partial charge is 0.417 e. The lowest BCUT2D eigenvalue weighted by atomic mass is 10.1. The Morgan fingerprint density at radius 3 is 2.42 bits per heavy atom. The maximum atomic E-state index is 13.0. The molecule has 0 aliphatic heterocycles. The van der Waals surface area contributed by atoms with Crippen LogP contribution in [0.5, 0.6) is 5.75 Å². The molecule has 0 aliphatic rings. The molecule has 0 saturated carbocycles. The molecule has 0 aromatic heterocycles. The minimum absolute atomic E-state index is 0.00938. The molecule has 1 amide bonds. The summed E-state index contributed by atoms with van der Waals surface area (Å²) in [5.74, 6) is -0.789. The minimum Gasteiger partial charge on any atom is -0.491 e. The molecular formula is C17H16F3NO3. The van der Waals surface area contributed by atoms with Crippen molar-refractivity contribution >= 4 is 11.6 Å². The Morgan fingerprint density at radius 2 is 1.79 bits per heavy atom. The zero-order chi connectivity index (χ0) is 17.9. The van der Waals surface area contributed by atoms with Crippen LogP contribution in [-0.4, -0.2) is 17.2 Å². The van der Waals surface area contributed by atoms with E-state index in [2.05, 4.69) is 0 Å². The summed E-state index contributed by atoms with van der Waals surface area (Å²) < 4.78 is 44.5. The van der Waals surface area contributed by atoms with Gasteiger partial charge in [0, 0.05) is 6.07 Å². The van der Waals surface area contributed by atoms with Gasteiger partial charge < -0.3 is 4.74 Å². The van der Waals surface area contributed by atoms with Crippen molar-refractivity contribution in [3.8, 4) is 5.75 Å². The quantitative estimate of drug-likeness (QED) is 0.658. The first-order chi connectivity index (χ1) is 11.2. The number of carbonyl (C=O) groups excluding carboxylic acids is 1. The zero-order valence-corrected chi connectivity index (χ0v) is 13.0. The standard InChI is InChI=1S/C17H16F3NO3/c1-11(2)24-13-7-5-6-12(10-13)21(23)16(22)14-8-3-4-9-15(14)17(18,19)20/h3-11,23H,1-2H3. The van der Waals surface area contributed by atoms with Crippen molar-refractivity contribution in [2.45, 2.75) is 26.1 Å². The van der Waals surface area contributed by atoms with E-state index < -0.39 is 23.2 Å². The summed E-state index contributed by atoms with van der Waals surface area (Å²) in [6.45, 7) is 3.60. The highest BCUT2D eigenvalue weighted by atomic mass is 19.4. The number of nitrogens with zero attached hydrogens (tertiary/aromatic N) is 1. The van der Waals surface area contributed by atoms with Gasteiger partial charge in [0.1, 0.15) is 5.75 Å². The Hall–Kier alpha value is -2.54. The predicted octanol–water partition coefficient (Wildman–Crippen LogP) is 4.53. The molecule has 2 aromatic carbocycles. The second kappa shape index (κ2) is 6.92. The molecule has 4 nitrogen and oxygen atoms in total. The minimum atomic E-state index is -4.70. The second-order valence-electron chi connectivity index (χ2n) is 5.32. The first-order valence-corrected chi connectivity index (χ1v) is 7.16. The van der Waals surface area contributed by atoms with Gasteiger partial charge in [-0.3, -0.25) is 10.0 Å². The molecule has 0 fully saturated rings. The highest BCUT2D eigenvalue weighted by Crippen LogP contribution is 2.33. The van der Waals surface area contributed by atoms with Crippen molar-refractivity contribution in [3.63, 3.8) is 0 Å². The van der Waals surface area contributed by atoms with Crippen LogP contribution in [0, 0.1) is 0 Å². The van der Waals surface area contributed by atoms with Gasteiger partial charge in [-0.2, -0.15) is 18.2 Å². The average molecular weight is 339 g/mol. The molecule has 1 N–H and O–H groups in total. The number of ether oxygens (including phenoxy) is 1. The third kappa shape index (κ3) is 4.05. The molecule has 0 heterocycles. The molecule has 2 aromatic rings. The number of halogens is 3. The molecule has 0 radical (unpaired) electrons. The number of anilines is 1. The highest BCUT2D eigenvalue weighted by Gasteiger charge is 2.36. The maximum Gasteiger partial charge on any atom is 0.417 e. The lowest BCUT2D eigenvalue weighted by molar-refractivity contribution is -0.137. The van der Waals surface area contributed by atoms with Crippen LogP contribution in [0.1, 0.15) is 29.8 Å². The fraction of sp³-hybridized carbons (Fsp3) is 0.235. The third-order valence-corrected chi connectivity index (χ3v) is 3.09. The monoisotopic (exact) mass is 339 g/mol. The van der Waals surface area contributed by atoms with Gasteiger partial charge in [0.05, 0.1) is 22.9 Å². The van der Waals surface area contributed by atoms with Gasteiger partial charge in [-0.15, -0.1) is 0 Å². The van der Waals surface area contributed by atoms with Gasteiger partial charge in [-0.1, -0.05) is 18.2 Å². The molecule has 128 valence electrons. The van der Waals surface area contributed by atoms with E-state index >= 15 is 0 Å². The number of rotatable bonds is 4. The molecule has 0 spiro atoms. The molecule has 0 bridgehead atoms. The van der Waals surface area contributed by atoms with Crippen LogP contribution in [-0.2, 0) is 6.18 Å². The number of hydrogen-bond acceptors (Lipinski definition) is 3. The number of carbonyl (C=O) groups is 1. The van der Waals surface area contributed by atoms with Crippen molar-refractivity contribution in [1.82, 2.24) is 0 Å². The Bertz CT molecular complexity index is 729. The number of benzene rings is 2. The lowest BCUT2D eigenvalue weighted by Gasteiger charge is -2.19. The van der Waals surface area contributed by atoms with Crippen LogP contribution in [0.3, 0.4) is 0 Å². The van der Waals surface area contributed by atoms with Crippen molar-refractivity contribution in [2.24, 2.45) is 0 Å². The van der Waals surface area contributed by atoms with Crippen molar-refractivity contribution in [3.05, 3.63) is 59.7 Å². The molecule has 0 atom stereocenters. The first-order valence-electron chi connectivity index (χ1n) is 7.16. The Balaban J connectivity index is 2.34. The number of amides is 1. The van der Waals surface area contributed by atoms with Gasteiger partial charge in [0.2, 0.25) is 0 Å². The van der Waals surface area contributed by atoms with Crippen LogP contribution in [0.4, 0.5) is 18.9 Å². The van der Waals surface area contributed by atoms with E-state index in [0.717, 1.165) is 12.1 Å². The topological polar surface area (TPSA) is 49.8 Å². The number of hydroxylamine groups is 1. The molecule has 7 heteroatoms. The molecular weight excluding hydrogens is 323 g/mol. The summed E-state index contributed by atoms with van der Waals surface area (Å²) in [5, 5.41) is 10.2. The second-order valence-corrected chi connectivity index (χ2v) is 5.32. The maximum absolute atomic E-state index is 13.0. The van der Waals surface area contributed by atoms with E-state index in [9.17, 15) is 23.2 Å². The molecule has 0 saturated heterocycles. The van der Waals surface area contributed by atoms with Gasteiger partial charge in [-0.25, -0.2) is 0 Å². The third-order valence-electron chi connectivity index (χ3n) is 3.09. The summed E-state index contributed by atoms with van der Waals surface area (Å²) in [5.41, 5.74) is -1.73. The molecule has 2 rings (SSSR count). The predicted molar refractivity (Wildman–Crippen MR) is 82.2 cm³/mol. The zero-order valence-electron chi connectivity index (χ0n) is 13.0. The van der Waals surface area contributed by atoms with E-state index in [1.54, 1.807) is 19.9 Å². The van der Waals surface area contributed by atoms with Gasteiger partial charge in [-0.05, 0) is 38.1 Å².